The van der Waals surface area contributed by atoms with E-state index in [2.05, 4.69) is 16.3 Å². The minimum absolute atomic E-state index is 0.247. The molecule has 2 aliphatic rings. The highest BCUT2D eigenvalue weighted by Gasteiger charge is 2.26. The van der Waals surface area contributed by atoms with E-state index in [0.717, 1.165) is 54.8 Å². The third-order valence-electron chi connectivity index (χ3n) is 5.06. The molecule has 1 atom stereocenters. The van der Waals surface area contributed by atoms with Crippen LogP contribution in [0.1, 0.15) is 36.0 Å². The second kappa shape index (κ2) is 7.60. The summed E-state index contributed by atoms with van der Waals surface area (Å²) in [4.78, 5) is 2.51. The van der Waals surface area contributed by atoms with Crippen LogP contribution in [0.2, 0.25) is 0 Å². The number of benzene rings is 1. The second-order valence-corrected chi connectivity index (χ2v) is 6.87. The van der Waals surface area contributed by atoms with E-state index in [0.29, 0.717) is 5.75 Å². The number of hydrogen-bond donors (Lipinski definition) is 1. The first-order valence-corrected chi connectivity index (χ1v) is 9.22. The van der Waals surface area contributed by atoms with Gasteiger partial charge in [0.05, 0.1) is 13.2 Å². The number of ether oxygens (including phenoxy) is 3. The van der Waals surface area contributed by atoms with Gasteiger partial charge in [0, 0.05) is 13.1 Å². The first-order chi connectivity index (χ1) is 12.7. The Bertz CT molecular complexity index is 752. The molecule has 0 amide bonds. The highest BCUT2D eigenvalue weighted by atomic mass is 16.7. The van der Waals surface area contributed by atoms with Gasteiger partial charge >= 0.3 is 0 Å². The zero-order valence-corrected chi connectivity index (χ0v) is 15.4. The van der Waals surface area contributed by atoms with Crippen molar-refractivity contribution in [3.8, 4) is 17.2 Å². The number of rotatable bonds is 7. The fourth-order valence-electron chi connectivity index (χ4n) is 3.73. The van der Waals surface area contributed by atoms with Gasteiger partial charge in [0.15, 0.2) is 11.5 Å². The summed E-state index contributed by atoms with van der Waals surface area (Å²) in [6, 6.07) is 8.43. The molecule has 0 saturated carbocycles. The summed E-state index contributed by atoms with van der Waals surface area (Å²) < 4.78 is 22.3. The van der Waals surface area contributed by atoms with Gasteiger partial charge in [-0.3, -0.25) is 4.90 Å². The molecule has 0 radical (unpaired) electrons. The topological polar surface area (TPSA) is 56.1 Å². The number of nitrogens with one attached hydrogen (secondary N) is 1. The van der Waals surface area contributed by atoms with E-state index in [1.165, 1.54) is 12.8 Å². The standard InChI is InChI=1S/C20H26N2O4/c1-14-5-6-17(26-14)16(22-7-3-4-8-22)12-21-11-15-9-18(23-2)20-19(10-15)24-13-25-20/h5-6,9-10,16,21H,3-4,7-8,11-13H2,1-2H3. The second-order valence-electron chi connectivity index (χ2n) is 6.87. The van der Waals surface area contributed by atoms with E-state index in [1.807, 2.05) is 25.1 Å². The van der Waals surface area contributed by atoms with E-state index in [9.17, 15) is 0 Å². The number of methoxy groups -OCH3 is 1. The van der Waals surface area contributed by atoms with Gasteiger partial charge in [0.2, 0.25) is 12.5 Å². The number of fused-ring (bicyclic) bond motifs is 1. The number of aryl methyl sites for hydroxylation is 1. The first-order valence-electron chi connectivity index (χ1n) is 9.22. The van der Waals surface area contributed by atoms with Crippen LogP contribution in [-0.2, 0) is 6.54 Å². The Morgan fingerprint density at radius 2 is 2.04 bits per heavy atom. The molecule has 1 saturated heterocycles. The quantitative estimate of drug-likeness (QED) is 0.820. The molecule has 2 aromatic rings. The average molecular weight is 358 g/mol. The third kappa shape index (κ3) is 3.52. The Balaban J connectivity index is 1.43. The Morgan fingerprint density at radius 1 is 1.19 bits per heavy atom. The maximum Gasteiger partial charge on any atom is 0.231 e. The van der Waals surface area contributed by atoms with Crippen molar-refractivity contribution >= 4 is 0 Å². The molecule has 2 aliphatic heterocycles. The lowest BCUT2D eigenvalue weighted by molar-refractivity contribution is 0.171. The van der Waals surface area contributed by atoms with Crippen LogP contribution in [0.3, 0.4) is 0 Å². The summed E-state index contributed by atoms with van der Waals surface area (Å²) >= 11 is 0. The lowest BCUT2D eigenvalue weighted by atomic mass is 10.1. The Kier molecular flexibility index (Phi) is 5.04. The molecule has 1 aromatic carbocycles. The minimum Gasteiger partial charge on any atom is -0.493 e. The predicted octanol–water partition coefficient (Wildman–Crippen LogP) is 3.25. The summed E-state index contributed by atoms with van der Waals surface area (Å²) in [7, 11) is 1.65. The minimum atomic E-state index is 0.247. The SMILES string of the molecule is COc1cc(CNCC(c2ccc(C)o2)N2CCCC2)cc2c1OCO2. The van der Waals surface area contributed by atoms with Crippen molar-refractivity contribution in [1.29, 1.82) is 0 Å². The molecule has 0 spiro atoms. The molecule has 26 heavy (non-hydrogen) atoms. The van der Waals surface area contributed by atoms with Crippen LogP contribution in [0, 0.1) is 6.92 Å². The Hall–Kier alpha value is -2.18. The van der Waals surface area contributed by atoms with Crippen molar-refractivity contribution in [2.24, 2.45) is 0 Å². The van der Waals surface area contributed by atoms with E-state index in [1.54, 1.807) is 7.11 Å². The van der Waals surface area contributed by atoms with Crippen LogP contribution in [-0.4, -0.2) is 38.4 Å². The molecule has 140 valence electrons. The van der Waals surface area contributed by atoms with Gasteiger partial charge in [-0.2, -0.15) is 0 Å². The Labute approximate surface area is 154 Å². The zero-order chi connectivity index (χ0) is 17.9. The molecular formula is C20H26N2O4. The maximum atomic E-state index is 5.92. The van der Waals surface area contributed by atoms with Crippen LogP contribution in [0.5, 0.6) is 17.2 Å². The third-order valence-corrected chi connectivity index (χ3v) is 5.06. The van der Waals surface area contributed by atoms with E-state index >= 15 is 0 Å². The molecule has 1 N–H and O–H groups in total. The molecule has 6 heteroatoms. The molecule has 4 rings (SSSR count). The van der Waals surface area contributed by atoms with Gasteiger partial charge in [0.25, 0.3) is 0 Å². The number of furan rings is 1. The maximum absolute atomic E-state index is 5.92. The van der Waals surface area contributed by atoms with Gasteiger partial charge in [-0.1, -0.05) is 0 Å². The van der Waals surface area contributed by atoms with Crippen LogP contribution < -0.4 is 19.5 Å². The van der Waals surface area contributed by atoms with Crippen LogP contribution in [0.4, 0.5) is 0 Å². The lowest BCUT2D eigenvalue weighted by Gasteiger charge is -2.26. The zero-order valence-electron chi connectivity index (χ0n) is 15.4. The van der Waals surface area contributed by atoms with Crippen molar-refractivity contribution in [3.05, 3.63) is 41.3 Å². The van der Waals surface area contributed by atoms with Gasteiger partial charge in [0.1, 0.15) is 11.5 Å². The normalized spacial score (nSPS) is 17.6. The Morgan fingerprint density at radius 3 is 2.77 bits per heavy atom. The average Bonchev–Trinajstić information content (AvgIpc) is 3.39. The molecule has 1 unspecified atom stereocenters. The monoisotopic (exact) mass is 358 g/mol. The molecule has 6 nitrogen and oxygen atoms in total. The first kappa shape index (κ1) is 17.2. The highest BCUT2D eigenvalue weighted by molar-refractivity contribution is 5.55. The van der Waals surface area contributed by atoms with E-state index in [-0.39, 0.29) is 12.8 Å². The number of nitrogens with zero attached hydrogens (tertiary/aromatic N) is 1. The van der Waals surface area contributed by atoms with Gasteiger partial charge in [-0.15, -0.1) is 0 Å². The van der Waals surface area contributed by atoms with Crippen molar-refractivity contribution in [2.75, 3.05) is 33.5 Å². The number of likely N-dealkylation sites (tertiary alicyclic amines) is 1. The summed E-state index contributed by atoms with van der Waals surface area (Å²) in [5, 5.41) is 3.58. The molecule has 0 bridgehead atoms. The highest BCUT2D eigenvalue weighted by Crippen LogP contribution is 2.41. The van der Waals surface area contributed by atoms with Crippen LogP contribution >= 0.6 is 0 Å². The van der Waals surface area contributed by atoms with Gasteiger partial charge in [-0.25, -0.2) is 0 Å². The van der Waals surface area contributed by atoms with Gasteiger partial charge < -0.3 is 23.9 Å². The van der Waals surface area contributed by atoms with Crippen LogP contribution in [0.15, 0.2) is 28.7 Å². The largest absolute Gasteiger partial charge is 0.493 e. The van der Waals surface area contributed by atoms with E-state index < -0.39 is 0 Å². The van der Waals surface area contributed by atoms with Crippen molar-refractivity contribution in [2.45, 2.75) is 32.4 Å². The van der Waals surface area contributed by atoms with Gasteiger partial charge in [-0.05, 0) is 62.7 Å². The fraction of sp³-hybridized carbons (Fsp3) is 0.500. The smallest absolute Gasteiger partial charge is 0.231 e. The van der Waals surface area contributed by atoms with Crippen molar-refractivity contribution in [3.63, 3.8) is 0 Å². The molecule has 0 aliphatic carbocycles. The van der Waals surface area contributed by atoms with Crippen molar-refractivity contribution in [1.82, 2.24) is 10.2 Å². The predicted molar refractivity (Wildman–Crippen MR) is 97.8 cm³/mol. The molecule has 1 aromatic heterocycles. The lowest BCUT2D eigenvalue weighted by Crippen LogP contribution is -2.33. The summed E-state index contributed by atoms with van der Waals surface area (Å²) in [6.45, 7) is 6.07. The summed E-state index contributed by atoms with van der Waals surface area (Å²) in [5.74, 6) is 4.16. The summed E-state index contributed by atoms with van der Waals surface area (Å²) in [5.41, 5.74) is 1.11. The number of hydrogen-bond acceptors (Lipinski definition) is 6. The van der Waals surface area contributed by atoms with Crippen molar-refractivity contribution < 1.29 is 18.6 Å². The molecule has 3 heterocycles. The van der Waals surface area contributed by atoms with E-state index in [4.69, 9.17) is 18.6 Å². The van der Waals surface area contributed by atoms with Crippen LogP contribution in [0.25, 0.3) is 0 Å². The summed E-state index contributed by atoms with van der Waals surface area (Å²) in [6.07, 6.45) is 2.52. The molecule has 1 fully saturated rings. The fourth-order valence-corrected chi connectivity index (χ4v) is 3.73. The molecular weight excluding hydrogens is 332 g/mol.